The Hall–Kier alpha value is -7.46. The number of aliphatic carboxylic acids is 3. The number of hydrogen-bond acceptors (Lipinski definition) is 15. The van der Waals surface area contributed by atoms with E-state index in [1.54, 1.807) is 0 Å². The summed E-state index contributed by atoms with van der Waals surface area (Å²) in [4.78, 5) is 175. The highest BCUT2D eigenvalue weighted by Gasteiger charge is 2.41. The van der Waals surface area contributed by atoms with Gasteiger partial charge in [0, 0.05) is 26.3 Å². The molecule has 9 atom stereocenters. The maximum Gasteiger partial charge on any atom is 0.305 e. The van der Waals surface area contributed by atoms with Crippen LogP contribution >= 0.6 is 0 Å². The second-order valence-corrected chi connectivity index (χ2v) is 14.9. The molecule has 0 spiro atoms. The lowest BCUT2D eigenvalue weighted by molar-refractivity contribution is -0.146. The Morgan fingerprint density at radius 1 is 0.569 bits per heavy atom. The standard InChI is InChI=1S/C36H55N11O18/c1-14(30(59)42-18(7-9-25(52)53)31(60)45-20(12-26(54)55)33(62)44-19(29(39)58)11-24(38)51)40-34(63)22-5-4-10-47(22)36(65)21(13-27(56)57)46-32(61)17(6-8-23(37)50)43-35(64)28(15(2)48)41-16(3)49/h14-15,17-22,28,48H,4-13H2,1-3H3,(H2,37,50)(H2,38,51)(H2,39,58)(H,40,63)(H,41,49)(H,42,59)(H,43,64)(H,44,62)(H,45,60)(H,46,61)(H,52,53)(H,54,55)(H,56,57)/t14-,15+,17-,18-,19-,20-,21-,22-,28-/m0/s1. The quantitative estimate of drug-likeness (QED) is 0.0346. The average Bonchev–Trinajstić information content (AvgIpc) is 3.68. The van der Waals surface area contributed by atoms with Crippen LogP contribution in [0.2, 0.25) is 0 Å². The van der Waals surface area contributed by atoms with E-state index in [-0.39, 0.29) is 19.4 Å². The van der Waals surface area contributed by atoms with Gasteiger partial charge in [-0.3, -0.25) is 67.1 Å². The molecule has 1 aliphatic heterocycles. The SMILES string of the molecule is CC(=O)N[C@H](C(=O)N[C@@H](CCC(N)=O)C(=O)N[C@@H](CC(=O)O)C(=O)N1CCC[C@H]1C(=O)N[C@@H](C)C(=O)N[C@@H](CCC(=O)O)C(=O)N[C@@H](CC(=O)O)C(=O)N[C@@H](CC(N)=O)C(N)=O)[C@@H](C)O. The van der Waals surface area contributed by atoms with Crippen molar-refractivity contribution in [1.29, 1.82) is 0 Å². The Morgan fingerprint density at radius 3 is 1.52 bits per heavy atom. The van der Waals surface area contributed by atoms with E-state index in [1.165, 1.54) is 0 Å². The topological polar surface area (TPSA) is 485 Å². The molecule has 1 fully saturated rings. The molecule has 0 aromatic carbocycles. The first kappa shape index (κ1) is 55.6. The first-order valence-corrected chi connectivity index (χ1v) is 19.7. The van der Waals surface area contributed by atoms with Crippen molar-refractivity contribution in [2.75, 3.05) is 6.54 Å². The first-order valence-electron chi connectivity index (χ1n) is 19.7. The number of aliphatic hydroxyl groups is 1. The number of rotatable bonds is 28. The third kappa shape index (κ3) is 19.6. The van der Waals surface area contributed by atoms with Gasteiger partial charge in [0.05, 0.1) is 25.4 Å². The van der Waals surface area contributed by atoms with Gasteiger partial charge in [0.2, 0.25) is 65.0 Å². The summed E-state index contributed by atoms with van der Waals surface area (Å²) in [5.41, 5.74) is 15.4. The van der Waals surface area contributed by atoms with Crippen LogP contribution in [0.5, 0.6) is 0 Å². The number of primary amides is 3. The molecule has 1 saturated heterocycles. The first-order chi connectivity index (χ1) is 30.1. The summed E-state index contributed by atoms with van der Waals surface area (Å²) in [7, 11) is 0. The van der Waals surface area contributed by atoms with Gasteiger partial charge in [0.15, 0.2) is 0 Å². The maximum atomic E-state index is 13.8. The van der Waals surface area contributed by atoms with E-state index >= 15 is 0 Å². The van der Waals surface area contributed by atoms with Crippen LogP contribution in [0.25, 0.3) is 0 Å². The van der Waals surface area contributed by atoms with Crippen molar-refractivity contribution in [3.8, 4) is 0 Å². The average molecular weight is 930 g/mol. The molecule has 11 amide bonds. The van der Waals surface area contributed by atoms with Gasteiger partial charge in [-0.1, -0.05) is 0 Å². The molecule has 0 radical (unpaired) electrons. The number of likely N-dealkylation sites (tertiary alicyclic amines) is 1. The summed E-state index contributed by atoms with van der Waals surface area (Å²) in [5.74, 6) is -16.8. The number of carboxylic acids is 3. The summed E-state index contributed by atoms with van der Waals surface area (Å²) in [6, 6.07) is -13.6. The van der Waals surface area contributed by atoms with Crippen LogP contribution < -0.4 is 54.4 Å². The minimum atomic E-state index is -1.98. The highest BCUT2D eigenvalue weighted by Crippen LogP contribution is 2.20. The van der Waals surface area contributed by atoms with Gasteiger partial charge in [-0.15, -0.1) is 0 Å². The number of nitrogens with zero attached hydrogens (tertiary/aromatic N) is 1. The van der Waals surface area contributed by atoms with Crippen molar-refractivity contribution in [3.63, 3.8) is 0 Å². The smallest absolute Gasteiger partial charge is 0.305 e. The van der Waals surface area contributed by atoms with E-state index in [0.717, 1.165) is 25.7 Å². The van der Waals surface area contributed by atoms with Gasteiger partial charge in [-0.05, 0) is 39.5 Å². The number of hydrogen-bond donors (Lipinski definition) is 14. The molecule has 65 heavy (non-hydrogen) atoms. The largest absolute Gasteiger partial charge is 0.481 e. The summed E-state index contributed by atoms with van der Waals surface area (Å²) in [5, 5.41) is 53.3. The molecule has 0 aliphatic carbocycles. The maximum absolute atomic E-state index is 13.8. The van der Waals surface area contributed by atoms with Crippen LogP contribution in [0.3, 0.4) is 0 Å². The lowest BCUT2D eigenvalue weighted by Crippen LogP contribution is -2.60. The molecule has 0 saturated carbocycles. The monoisotopic (exact) mass is 929 g/mol. The number of amides is 11. The van der Waals surface area contributed by atoms with Crippen LogP contribution in [0.1, 0.15) is 78.6 Å². The zero-order chi connectivity index (χ0) is 49.9. The third-order valence-corrected chi connectivity index (χ3v) is 9.38. The van der Waals surface area contributed by atoms with E-state index < -0.39 is 182 Å². The van der Waals surface area contributed by atoms with Gasteiger partial charge in [-0.25, -0.2) is 0 Å². The number of carbonyl (C=O) groups excluding carboxylic acids is 11. The van der Waals surface area contributed by atoms with Gasteiger partial charge in [0.1, 0.15) is 48.3 Å². The zero-order valence-electron chi connectivity index (χ0n) is 35.5. The van der Waals surface area contributed by atoms with Crippen LogP contribution in [-0.2, 0) is 67.1 Å². The Labute approximate surface area is 369 Å². The Balaban J connectivity index is 3.27. The van der Waals surface area contributed by atoms with E-state index in [2.05, 4.69) is 26.6 Å². The van der Waals surface area contributed by atoms with E-state index in [4.69, 9.17) is 17.2 Å². The fourth-order valence-electron chi connectivity index (χ4n) is 6.15. The van der Waals surface area contributed by atoms with E-state index in [9.17, 15) is 87.5 Å². The van der Waals surface area contributed by atoms with Gasteiger partial charge in [-0.2, -0.15) is 0 Å². The minimum absolute atomic E-state index is 0.0481. The second-order valence-electron chi connectivity index (χ2n) is 14.9. The predicted molar refractivity (Wildman–Crippen MR) is 214 cm³/mol. The highest BCUT2D eigenvalue weighted by atomic mass is 16.4. The normalized spacial score (nSPS) is 16.8. The number of carboxylic acid groups (broad SMARTS) is 3. The highest BCUT2D eigenvalue weighted by molar-refractivity contribution is 6.00. The molecule has 17 N–H and O–H groups in total. The summed E-state index contributed by atoms with van der Waals surface area (Å²) in [6.45, 7) is 3.15. The number of nitrogens with two attached hydrogens (primary N) is 3. The summed E-state index contributed by atoms with van der Waals surface area (Å²) < 4.78 is 0. The summed E-state index contributed by atoms with van der Waals surface area (Å²) in [6.07, 6.45) is -6.71. The molecule has 29 nitrogen and oxygen atoms in total. The molecule has 0 bridgehead atoms. The van der Waals surface area contributed by atoms with Crippen molar-refractivity contribution in [2.45, 2.75) is 133 Å². The zero-order valence-corrected chi connectivity index (χ0v) is 35.5. The van der Waals surface area contributed by atoms with Crippen molar-refractivity contribution in [3.05, 3.63) is 0 Å². The van der Waals surface area contributed by atoms with Crippen LogP contribution in [0.15, 0.2) is 0 Å². The summed E-state index contributed by atoms with van der Waals surface area (Å²) >= 11 is 0. The fraction of sp³-hybridized carbons (Fsp3) is 0.611. The second kappa shape index (κ2) is 26.2. The van der Waals surface area contributed by atoms with Crippen molar-refractivity contribution in [1.82, 2.24) is 42.1 Å². The Morgan fingerprint density at radius 2 is 1.05 bits per heavy atom. The van der Waals surface area contributed by atoms with Gasteiger partial charge in [0.25, 0.3) is 0 Å². The molecule has 0 aromatic rings. The van der Waals surface area contributed by atoms with Crippen molar-refractivity contribution >= 4 is 82.9 Å². The molecular formula is C36H55N11O18. The Bertz CT molecular complexity index is 1880. The molecule has 1 aliphatic rings. The molecule has 362 valence electrons. The fourth-order valence-corrected chi connectivity index (χ4v) is 6.15. The predicted octanol–water partition coefficient (Wildman–Crippen LogP) is -7.77. The lowest BCUT2D eigenvalue weighted by atomic mass is 10.1. The van der Waals surface area contributed by atoms with Crippen LogP contribution in [0.4, 0.5) is 0 Å². The number of aliphatic hydroxyl groups excluding tert-OH is 1. The molecular weight excluding hydrogens is 874 g/mol. The van der Waals surface area contributed by atoms with E-state index in [1.807, 2.05) is 10.6 Å². The molecule has 1 rings (SSSR count). The molecule has 29 heteroatoms. The van der Waals surface area contributed by atoms with E-state index in [0.29, 0.717) is 0 Å². The number of carbonyl (C=O) groups is 14. The van der Waals surface area contributed by atoms with Crippen molar-refractivity contribution < 1.29 is 87.5 Å². The molecule has 0 unspecified atom stereocenters. The Kier molecular flexibility index (Phi) is 22.4. The lowest BCUT2D eigenvalue weighted by Gasteiger charge is -2.30. The van der Waals surface area contributed by atoms with Gasteiger partial charge < -0.3 is 79.7 Å². The minimum Gasteiger partial charge on any atom is -0.481 e. The van der Waals surface area contributed by atoms with Gasteiger partial charge >= 0.3 is 17.9 Å². The third-order valence-electron chi connectivity index (χ3n) is 9.38. The van der Waals surface area contributed by atoms with Crippen LogP contribution in [0, 0.1) is 0 Å². The van der Waals surface area contributed by atoms with Crippen molar-refractivity contribution in [2.24, 2.45) is 17.2 Å². The number of nitrogens with one attached hydrogen (secondary N) is 7. The molecule has 0 aromatic heterocycles. The van der Waals surface area contributed by atoms with Crippen LogP contribution in [-0.4, -0.2) is 169 Å². The molecule has 1 heterocycles.